The van der Waals surface area contributed by atoms with E-state index in [-0.39, 0.29) is 45.0 Å². The highest BCUT2D eigenvalue weighted by atomic mass is 127. The lowest BCUT2D eigenvalue weighted by Gasteiger charge is -2.65. The number of hydrogen-bond acceptors (Lipinski definition) is 9. The van der Waals surface area contributed by atoms with Gasteiger partial charge in [-0.25, -0.2) is 4.79 Å². The summed E-state index contributed by atoms with van der Waals surface area (Å²) < 4.78 is 24.7. The minimum absolute atomic E-state index is 0.0443. The first-order chi connectivity index (χ1) is 19.0. The molecular weight excluding hydrogens is 645 g/mol. The van der Waals surface area contributed by atoms with Gasteiger partial charge in [0.2, 0.25) is 6.29 Å². The molecule has 8 rings (SSSR count). The first-order valence-corrected chi connectivity index (χ1v) is 17.3. The summed E-state index contributed by atoms with van der Waals surface area (Å²) in [5.41, 5.74) is 0.0616. The van der Waals surface area contributed by atoms with Gasteiger partial charge >= 0.3 is 5.97 Å². The minimum Gasteiger partial charge on any atom is -0.458 e. The van der Waals surface area contributed by atoms with Gasteiger partial charge in [-0.05, 0) is 87.5 Å². The minimum atomic E-state index is -1.62. The lowest BCUT2D eigenvalue weighted by molar-refractivity contribution is -0.442. The van der Waals surface area contributed by atoms with Crippen LogP contribution >= 0.6 is 34.4 Å². The summed E-state index contributed by atoms with van der Waals surface area (Å²) in [5.74, 6) is 0.115. The fourth-order valence-corrected chi connectivity index (χ4v) is 13.6. The second kappa shape index (κ2) is 8.91. The van der Waals surface area contributed by atoms with Crippen LogP contribution in [0.5, 0.6) is 0 Å². The normalized spacial score (nSPS) is 58.4. The smallest absolute Gasteiger partial charge is 0.331 e. The third-order valence-corrected chi connectivity index (χ3v) is 15.9. The number of aliphatic imine (C=N–C) groups is 1. The van der Waals surface area contributed by atoms with Gasteiger partial charge in [0.25, 0.3) is 5.79 Å². The van der Waals surface area contributed by atoms with Crippen LogP contribution in [0.4, 0.5) is 0 Å². The van der Waals surface area contributed by atoms with Crippen LogP contribution < -0.4 is 0 Å². The zero-order valence-corrected chi connectivity index (χ0v) is 26.2. The van der Waals surface area contributed by atoms with Crippen LogP contribution in [0.1, 0.15) is 71.6 Å². The molecule has 0 bridgehead atoms. The molecule has 6 fully saturated rings. The van der Waals surface area contributed by atoms with Crippen molar-refractivity contribution in [2.24, 2.45) is 34.1 Å². The second-order valence-corrected chi connectivity index (χ2v) is 17.4. The molecule has 8 nitrogen and oxygen atoms in total. The average molecular weight is 686 g/mol. The quantitative estimate of drug-likeness (QED) is 0.184. The number of halogens is 1. The highest BCUT2D eigenvalue weighted by Gasteiger charge is 2.72. The molecule has 2 N–H and O–H groups in total. The standard InChI is InChI=1S/C30H40INO7S/c1-16-13-29(32-9-10-40-29)30(35)25(37-16)38-22-12-18-3-4-21-20(27(18,31)14-23(22)39-30)5-7-26(2)19(6-8-28(21,26)34)17-11-24(33)36-15-17/h9,11,16,18-23,25,34-35H,3-8,10,12-15H2,1-2H3. The van der Waals surface area contributed by atoms with Gasteiger partial charge in [0.1, 0.15) is 6.61 Å². The van der Waals surface area contributed by atoms with Crippen LogP contribution in [0, 0.1) is 29.1 Å². The van der Waals surface area contributed by atoms with Crippen molar-refractivity contribution in [1.29, 1.82) is 0 Å². The molecule has 0 aromatic carbocycles. The Morgan fingerprint density at radius 3 is 2.67 bits per heavy atom. The Kier molecular flexibility index (Phi) is 6.08. The van der Waals surface area contributed by atoms with Crippen LogP contribution in [-0.4, -0.2) is 79.0 Å². The Bertz CT molecular complexity index is 1180. The molecule has 4 heterocycles. The van der Waals surface area contributed by atoms with Crippen LogP contribution in [0.2, 0.25) is 0 Å². The summed E-state index contributed by atoms with van der Waals surface area (Å²) in [5, 5.41) is 24.6. The number of fused-ring (bicyclic) bond motifs is 8. The van der Waals surface area contributed by atoms with Crippen LogP contribution in [0.3, 0.4) is 0 Å². The summed E-state index contributed by atoms with van der Waals surface area (Å²) in [7, 11) is 0. The van der Waals surface area contributed by atoms with Crippen molar-refractivity contribution >= 4 is 46.5 Å². The van der Waals surface area contributed by atoms with Gasteiger partial charge in [0.15, 0.2) is 4.87 Å². The second-order valence-electron chi connectivity index (χ2n) is 14.1. The molecule has 220 valence electrons. The Labute approximate surface area is 253 Å². The van der Waals surface area contributed by atoms with Crippen LogP contribution in [0.25, 0.3) is 0 Å². The number of ether oxygens (including phenoxy) is 4. The van der Waals surface area contributed by atoms with Gasteiger partial charge in [0, 0.05) is 33.3 Å². The Morgan fingerprint density at radius 1 is 1.07 bits per heavy atom. The van der Waals surface area contributed by atoms with Gasteiger partial charge in [0.05, 0.1) is 23.9 Å². The van der Waals surface area contributed by atoms with E-state index in [1.165, 1.54) is 0 Å². The maximum absolute atomic E-state index is 12.6. The van der Waals surface area contributed by atoms with E-state index in [1.807, 2.05) is 13.1 Å². The molecule has 13 atom stereocenters. The molecule has 2 saturated heterocycles. The predicted octanol–water partition coefficient (Wildman–Crippen LogP) is 4.14. The van der Waals surface area contributed by atoms with E-state index in [4.69, 9.17) is 23.9 Å². The summed E-state index contributed by atoms with van der Waals surface area (Å²) >= 11 is 4.35. The number of cyclic esters (lactones) is 1. The molecule has 0 radical (unpaired) electrons. The van der Waals surface area contributed by atoms with Crippen molar-refractivity contribution in [3.63, 3.8) is 0 Å². The molecule has 8 aliphatic rings. The number of thioether (sulfide) groups is 1. The van der Waals surface area contributed by atoms with Gasteiger partial charge < -0.3 is 29.2 Å². The maximum atomic E-state index is 12.6. The van der Waals surface area contributed by atoms with E-state index in [0.717, 1.165) is 62.7 Å². The molecule has 4 aliphatic heterocycles. The molecule has 10 heteroatoms. The summed E-state index contributed by atoms with van der Waals surface area (Å²) in [6, 6.07) is 0. The monoisotopic (exact) mass is 685 g/mol. The number of esters is 1. The molecule has 0 amide bonds. The summed E-state index contributed by atoms with van der Waals surface area (Å²) in [4.78, 5) is 15.9. The van der Waals surface area contributed by atoms with Gasteiger partial charge in [-0.15, -0.1) is 11.8 Å². The average Bonchev–Trinajstić information content (AvgIpc) is 3.61. The lowest BCUT2D eigenvalue weighted by Crippen LogP contribution is -2.73. The Balaban J connectivity index is 1.08. The molecule has 0 aromatic rings. The predicted molar refractivity (Wildman–Crippen MR) is 157 cm³/mol. The summed E-state index contributed by atoms with van der Waals surface area (Å²) in [6.07, 6.45) is 10.3. The van der Waals surface area contributed by atoms with E-state index in [1.54, 1.807) is 17.8 Å². The Morgan fingerprint density at radius 2 is 1.93 bits per heavy atom. The lowest BCUT2D eigenvalue weighted by atomic mass is 9.47. The molecular formula is C30H40INO7S. The van der Waals surface area contributed by atoms with E-state index < -0.39 is 22.5 Å². The SMILES string of the molecule is CC1CC2(N=CCS2)C2(O)OC3CC4(I)C(CCC5C4CCC4(C)C(C6=CC(=O)OC6)CCC54O)CC3OC2O1. The third-order valence-electron chi connectivity index (χ3n) is 12.5. The fraction of sp³-hybridized carbons (Fsp3) is 0.867. The number of carbonyl (C=O) groups is 1. The van der Waals surface area contributed by atoms with E-state index in [9.17, 15) is 15.0 Å². The zero-order valence-electron chi connectivity index (χ0n) is 23.2. The largest absolute Gasteiger partial charge is 0.458 e. The molecule has 4 saturated carbocycles. The fourth-order valence-electron chi connectivity index (χ4n) is 10.6. The molecule has 0 aromatic heterocycles. The zero-order chi connectivity index (χ0) is 27.7. The van der Waals surface area contributed by atoms with Gasteiger partial charge in [-0.2, -0.15) is 0 Å². The maximum Gasteiger partial charge on any atom is 0.331 e. The summed E-state index contributed by atoms with van der Waals surface area (Å²) in [6.45, 7) is 4.66. The first-order valence-electron chi connectivity index (χ1n) is 15.2. The number of alkyl halides is 1. The van der Waals surface area contributed by atoms with E-state index in [2.05, 4.69) is 29.5 Å². The van der Waals surface area contributed by atoms with Crippen molar-refractivity contribution in [2.75, 3.05) is 12.4 Å². The number of carbonyl (C=O) groups excluding carboxylic acids is 1. The first kappa shape index (κ1) is 27.3. The number of rotatable bonds is 1. The van der Waals surface area contributed by atoms with Crippen molar-refractivity contribution in [2.45, 2.75) is 116 Å². The van der Waals surface area contributed by atoms with Crippen molar-refractivity contribution in [1.82, 2.24) is 0 Å². The van der Waals surface area contributed by atoms with Crippen molar-refractivity contribution in [3.8, 4) is 0 Å². The van der Waals surface area contributed by atoms with Crippen molar-refractivity contribution < 1.29 is 34.0 Å². The van der Waals surface area contributed by atoms with Crippen molar-refractivity contribution in [3.05, 3.63) is 11.6 Å². The molecule has 1 spiro atoms. The van der Waals surface area contributed by atoms with Crippen LogP contribution in [-0.2, 0) is 23.7 Å². The Hall–Kier alpha value is -0.240. The van der Waals surface area contributed by atoms with Crippen LogP contribution in [0.15, 0.2) is 16.6 Å². The topological polar surface area (TPSA) is 107 Å². The third kappa shape index (κ3) is 3.44. The molecule has 40 heavy (non-hydrogen) atoms. The highest BCUT2D eigenvalue weighted by Crippen LogP contribution is 2.70. The number of nitrogens with zero attached hydrogens (tertiary/aromatic N) is 1. The molecule has 13 unspecified atom stereocenters. The van der Waals surface area contributed by atoms with E-state index in [0.29, 0.717) is 24.9 Å². The van der Waals surface area contributed by atoms with Gasteiger partial charge in [-0.1, -0.05) is 29.5 Å². The van der Waals surface area contributed by atoms with E-state index >= 15 is 0 Å². The molecule has 4 aliphatic carbocycles. The van der Waals surface area contributed by atoms with Gasteiger partial charge in [-0.3, -0.25) is 4.99 Å². The number of hydrogen-bond donors (Lipinski definition) is 2. The highest BCUT2D eigenvalue weighted by molar-refractivity contribution is 14.1. The number of aliphatic hydroxyl groups is 2.